The number of ether oxygens (including phenoxy) is 1. The molecule has 1 atom stereocenters. The van der Waals surface area contributed by atoms with Crippen LogP contribution in [-0.2, 0) is 0 Å². The van der Waals surface area contributed by atoms with Gasteiger partial charge in [-0.05, 0) is 28.1 Å². The Morgan fingerprint density at radius 3 is 2.37 bits per heavy atom. The third kappa shape index (κ3) is 2.98. The van der Waals surface area contributed by atoms with Gasteiger partial charge in [-0.3, -0.25) is 0 Å². The summed E-state index contributed by atoms with van der Waals surface area (Å²) >= 11 is 6.56. The molecule has 0 N–H and O–H groups in total. The first-order valence-corrected chi connectivity index (χ1v) is 7.17. The average molecular weight is 392 g/mol. The normalized spacial score (nSPS) is 12.3. The minimum atomic E-state index is -0.422. The number of methoxy groups -OCH3 is 1. The Balaban J connectivity index is 2.52. The third-order valence-corrected chi connectivity index (χ3v) is 4.32. The molecule has 0 spiro atoms. The zero-order chi connectivity index (χ0) is 14.0. The van der Waals surface area contributed by atoms with Gasteiger partial charge in [-0.2, -0.15) is 0 Å². The molecule has 19 heavy (non-hydrogen) atoms. The first-order valence-electron chi connectivity index (χ1n) is 5.46. The first-order chi connectivity index (χ1) is 9.04. The summed E-state index contributed by atoms with van der Waals surface area (Å²) in [5.74, 6) is -0.383. The second kappa shape index (κ2) is 6.01. The molecule has 0 aliphatic heterocycles. The van der Waals surface area contributed by atoms with Gasteiger partial charge in [0.2, 0.25) is 0 Å². The Kier molecular flexibility index (Phi) is 4.58. The molecule has 0 saturated heterocycles. The van der Waals surface area contributed by atoms with Crippen LogP contribution in [0.5, 0.6) is 5.75 Å². The Hall–Kier alpha value is -0.940. The number of benzene rings is 2. The molecule has 100 valence electrons. The molecule has 2 rings (SSSR count). The Labute approximate surface area is 126 Å². The van der Waals surface area contributed by atoms with Crippen LogP contribution in [0.2, 0.25) is 0 Å². The summed E-state index contributed by atoms with van der Waals surface area (Å²) in [4.78, 5) is -0.416. The van der Waals surface area contributed by atoms with Crippen LogP contribution < -0.4 is 4.74 Å². The fourth-order valence-electron chi connectivity index (χ4n) is 1.77. The van der Waals surface area contributed by atoms with Crippen molar-refractivity contribution in [1.29, 1.82) is 0 Å². The summed E-state index contributed by atoms with van der Waals surface area (Å²) in [6.45, 7) is 0. The second-order valence-corrected chi connectivity index (χ2v) is 5.66. The van der Waals surface area contributed by atoms with Gasteiger partial charge in [0, 0.05) is 17.2 Å². The highest BCUT2D eigenvalue weighted by Crippen LogP contribution is 2.39. The topological polar surface area (TPSA) is 9.23 Å². The molecule has 0 fully saturated rings. The Bertz CT molecular complexity index is 602. The van der Waals surface area contributed by atoms with Crippen molar-refractivity contribution < 1.29 is 13.5 Å². The van der Waals surface area contributed by atoms with Crippen molar-refractivity contribution in [2.24, 2.45) is 0 Å². The van der Waals surface area contributed by atoms with Gasteiger partial charge in [0.25, 0.3) is 0 Å². The van der Waals surface area contributed by atoms with Crippen LogP contribution in [0.25, 0.3) is 0 Å². The molecule has 0 amide bonds. The van der Waals surface area contributed by atoms with Crippen LogP contribution in [0.4, 0.5) is 8.78 Å². The standard InChI is InChI=1S/C14H10Br2F2O/c1-19-13-7-12(18)10(15)6-9(13)14(16)8-4-2-3-5-11(8)17/h2-7,14H,1H3. The number of alkyl halides is 1. The van der Waals surface area contributed by atoms with E-state index < -0.39 is 10.6 Å². The van der Waals surface area contributed by atoms with Crippen molar-refractivity contribution in [2.45, 2.75) is 4.83 Å². The molecule has 0 aliphatic carbocycles. The number of rotatable bonds is 3. The molecule has 1 unspecified atom stereocenters. The molecular formula is C14H10Br2F2O. The Morgan fingerprint density at radius 2 is 1.74 bits per heavy atom. The average Bonchev–Trinajstić information content (AvgIpc) is 2.41. The lowest BCUT2D eigenvalue weighted by Crippen LogP contribution is -2.00. The highest BCUT2D eigenvalue weighted by molar-refractivity contribution is 9.10. The van der Waals surface area contributed by atoms with Crippen LogP contribution in [0.3, 0.4) is 0 Å². The molecule has 0 bridgehead atoms. The molecule has 2 aromatic carbocycles. The van der Waals surface area contributed by atoms with E-state index in [1.807, 2.05) is 0 Å². The van der Waals surface area contributed by atoms with Crippen LogP contribution in [-0.4, -0.2) is 7.11 Å². The molecule has 2 aromatic rings. The lowest BCUT2D eigenvalue weighted by Gasteiger charge is -2.16. The summed E-state index contributed by atoms with van der Waals surface area (Å²) < 4.78 is 32.7. The summed E-state index contributed by atoms with van der Waals surface area (Å²) in [5.41, 5.74) is 1.13. The van der Waals surface area contributed by atoms with E-state index in [-0.39, 0.29) is 5.82 Å². The van der Waals surface area contributed by atoms with Gasteiger partial charge in [0.05, 0.1) is 16.4 Å². The molecule has 5 heteroatoms. The van der Waals surface area contributed by atoms with Crippen LogP contribution in [0.1, 0.15) is 16.0 Å². The largest absolute Gasteiger partial charge is 0.496 e. The SMILES string of the molecule is COc1cc(F)c(Br)cc1C(Br)c1ccccc1F. The van der Waals surface area contributed by atoms with Crippen LogP contribution in [0, 0.1) is 11.6 Å². The maximum atomic E-state index is 13.8. The van der Waals surface area contributed by atoms with Gasteiger partial charge in [-0.1, -0.05) is 34.1 Å². The van der Waals surface area contributed by atoms with Crippen LogP contribution in [0.15, 0.2) is 40.9 Å². The molecular weight excluding hydrogens is 382 g/mol. The monoisotopic (exact) mass is 390 g/mol. The zero-order valence-electron chi connectivity index (χ0n) is 9.96. The van der Waals surface area contributed by atoms with Gasteiger partial charge in [-0.25, -0.2) is 8.78 Å². The van der Waals surface area contributed by atoms with E-state index >= 15 is 0 Å². The van der Waals surface area contributed by atoms with Gasteiger partial charge in [0.15, 0.2) is 0 Å². The molecule has 0 saturated carbocycles. The summed E-state index contributed by atoms with van der Waals surface area (Å²) in [6, 6.07) is 9.28. The first kappa shape index (κ1) is 14.5. The minimum absolute atomic E-state index is 0.309. The maximum Gasteiger partial charge on any atom is 0.141 e. The Morgan fingerprint density at radius 1 is 1.05 bits per heavy atom. The fraction of sp³-hybridized carbons (Fsp3) is 0.143. The quantitative estimate of drug-likeness (QED) is 0.651. The van der Waals surface area contributed by atoms with Crippen molar-refractivity contribution in [3.63, 3.8) is 0 Å². The van der Waals surface area contributed by atoms with Gasteiger partial charge in [0.1, 0.15) is 17.4 Å². The van der Waals surface area contributed by atoms with Crippen molar-refractivity contribution >= 4 is 31.9 Å². The van der Waals surface area contributed by atoms with Gasteiger partial charge in [-0.15, -0.1) is 0 Å². The van der Waals surface area contributed by atoms with Crippen molar-refractivity contribution in [3.8, 4) is 5.75 Å². The molecule has 0 heterocycles. The van der Waals surface area contributed by atoms with Crippen molar-refractivity contribution in [1.82, 2.24) is 0 Å². The summed E-state index contributed by atoms with van der Waals surface area (Å²) in [7, 11) is 1.45. The van der Waals surface area contributed by atoms with Crippen LogP contribution >= 0.6 is 31.9 Å². The van der Waals surface area contributed by atoms with Crippen molar-refractivity contribution in [2.75, 3.05) is 7.11 Å². The number of hydrogen-bond donors (Lipinski definition) is 0. The lowest BCUT2D eigenvalue weighted by molar-refractivity contribution is 0.406. The van der Waals surface area contributed by atoms with Gasteiger partial charge < -0.3 is 4.74 Å². The van der Waals surface area contributed by atoms with E-state index in [0.29, 0.717) is 21.3 Å². The molecule has 0 radical (unpaired) electrons. The summed E-state index contributed by atoms with van der Waals surface area (Å²) in [5, 5.41) is 0. The van der Waals surface area contributed by atoms with E-state index in [2.05, 4.69) is 31.9 Å². The molecule has 0 aliphatic rings. The highest BCUT2D eigenvalue weighted by atomic mass is 79.9. The van der Waals surface area contributed by atoms with E-state index in [9.17, 15) is 8.78 Å². The lowest BCUT2D eigenvalue weighted by atomic mass is 10.0. The predicted molar refractivity (Wildman–Crippen MR) is 77.8 cm³/mol. The summed E-state index contributed by atoms with van der Waals surface area (Å²) in [6.07, 6.45) is 0. The third-order valence-electron chi connectivity index (χ3n) is 2.72. The second-order valence-electron chi connectivity index (χ2n) is 3.89. The fourth-order valence-corrected chi connectivity index (χ4v) is 2.86. The number of hydrogen-bond acceptors (Lipinski definition) is 1. The molecule has 0 aromatic heterocycles. The maximum absolute atomic E-state index is 13.8. The van der Waals surface area contributed by atoms with E-state index in [0.717, 1.165) is 0 Å². The smallest absolute Gasteiger partial charge is 0.141 e. The van der Waals surface area contributed by atoms with E-state index in [4.69, 9.17) is 4.74 Å². The van der Waals surface area contributed by atoms with E-state index in [1.165, 1.54) is 19.2 Å². The highest BCUT2D eigenvalue weighted by Gasteiger charge is 2.20. The molecule has 1 nitrogen and oxygen atoms in total. The zero-order valence-corrected chi connectivity index (χ0v) is 13.1. The van der Waals surface area contributed by atoms with E-state index in [1.54, 1.807) is 24.3 Å². The minimum Gasteiger partial charge on any atom is -0.496 e. The number of halogens is 4. The predicted octanol–water partition coefficient (Wildman–Crippen LogP) is 5.22. The van der Waals surface area contributed by atoms with Crippen molar-refractivity contribution in [3.05, 3.63) is 63.6 Å². The van der Waals surface area contributed by atoms with Gasteiger partial charge >= 0.3 is 0 Å².